The van der Waals surface area contributed by atoms with E-state index in [4.69, 9.17) is 14.0 Å². The molecule has 0 unspecified atom stereocenters. The Morgan fingerprint density at radius 2 is 1.04 bits per heavy atom. The minimum absolute atomic E-state index is 0. The quantitative estimate of drug-likeness (QED) is 0.0657. The summed E-state index contributed by atoms with van der Waals surface area (Å²) in [5, 5.41) is 21.6. The zero-order chi connectivity index (χ0) is 35.2. The molecule has 13 heteroatoms. The van der Waals surface area contributed by atoms with Crippen molar-refractivity contribution in [1.82, 2.24) is 0 Å². The molecule has 10 nitrogen and oxygen atoms in total. The molecule has 0 saturated heterocycles. The number of benzene rings is 4. The number of phenolic OH excluding ortho intramolecular Hbond substituents is 1. The van der Waals surface area contributed by atoms with Crippen molar-refractivity contribution in [3.05, 3.63) is 96.1 Å². The van der Waals surface area contributed by atoms with E-state index in [1.165, 1.54) is 79.9 Å². The molecule has 0 bridgehead atoms. The number of unbranched alkanes of at least 4 members (excludes halogenated alkanes) is 6. The Morgan fingerprint density at radius 1 is 0.592 bits per heavy atom. The van der Waals surface area contributed by atoms with E-state index in [1.54, 1.807) is 12.1 Å². The van der Waals surface area contributed by atoms with E-state index in [2.05, 4.69) is 13.8 Å². The normalized spacial score (nSPS) is 11.2. The smallest absolute Gasteiger partial charge is 0.872 e. The third-order valence-corrected chi connectivity index (χ3v) is 8.95. The van der Waals surface area contributed by atoms with Crippen LogP contribution in [0.1, 0.15) is 76.3 Å². The summed E-state index contributed by atoms with van der Waals surface area (Å²) in [6, 6.07) is 20.5. The van der Waals surface area contributed by atoms with Crippen molar-refractivity contribution in [3.8, 4) is 34.5 Å². The van der Waals surface area contributed by atoms with Crippen LogP contribution in [0.15, 0.2) is 94.7 Å². The first kappa shape index (κ1) is 42.3. The van der Waals surface area contributed by atoms with Crippen LogP contribution in [0.5, 0.6) is 34.5 Å². The maximum Gasteiger partial charge on any atom is 2.00 e. The van der Waals surface area contributed by atoms with Crippen LogP contribution < -0.4 is 14.6 Å². The van der Waals surface area contributed by atoms with Crippen LogP contribution in [0.2, 0.25) is 0 Å². The van der Waals surface area contributed by atoms with E-state index < -0.39 is 20.2 Å². The second-order valence-corrected chi connectivity index (χ2v) is 14.1. The SMILES string of the molecule is CCCCCCc1cc(O)cc(Oc2ccc(S(=O)(=O)O)cc2)c1.CCCCCCc1cc([O-])cc(Oc2ccc(S(=O)(=O)[O-])cc2)c1.[Ca+2]. The van der Waals surface area contributed by atoms with Crippen molar-refractivity contribution in [2.24, 2.45) is 0 Å². The van der Waals surface area contributed by atoms with Gasteiger partial charge in [-0.2, -0.15) is 8.42 Å². The van der Waals surface area contributed by atoms with Gasteiger partial charge in [0.1, 0.15) is 38.9 Å². The van der Waals surface area contributed by atoms with Gasteiger partial charge in [0.15, 0.2) is 0 Å². The van der Waals surface area contributed by atoms with E-state index in [0.29, 0.717) is 23.0 Å². The number of aryl methyl sites for hydroxylation is 2. The molecule has 0 saturated carbocycles. The fourth-order valence-corrected chi connectivity index (χ4v) is 5.77. The molecule has 4 aromatic carbocycles. The molecule has 0 aromatic heterocycles. The first-order valence-corrected chi connectivity index (χ1v) is 18.7. The Kier molecular flexibility index (Phi) is 17.9. The van der Waals surface area contributed by atoms with Gasteiger partial charge in [-0.1, -0.05) is 58.4 Å². The van der Waals surface area contributed by atoms with E-state index in [9.17, 15) is 31.6 Å². The van der Waals surface area contributed by atoms with Gasteiger partial charge in [0, 0.05) is 6.07 Å². The summed E-state index contributed by atoms with van der Waals surface area (Å²) < 4.78 is 75.0. The van der Waals surface area contributed by atoms with Gasteiger partial charge in [-0.25, -0.2) is 8.42 Å². The molecule has 4 rings (SSSR count). The molecule has 260 valence electrons. The second-order valence-electron chi connectivity index (χ2n) is 11.3. The second kappa shape index (κ2) is 20.7. The summed E-state index contributed by atoms with van der Waals surface area (Å²) in [6.07, 6.45) is 10.7. The molecule has 0 radical (unpaired) electrons. The zero-order valence-electron chi connectivity index (χ0n) is 27.8. The van der Waals surface area contributed by atoms with Crippen molar-refractivity contribution >= 4 is 58.0 Å². The number of hydrogen-bond acceptors (Lipinski definition) is 9. The Hall–Kier alpha value is -2.84. The van der Waals surface area contributed by atoms with Crippen LogP contribution >= 0.6 is 0 Å². The van der Waals surface area contributed by atoms with E-state index in [0.717, 1.165) is 56.1 Å². The third-order valence-electron chi connectivity index (χ3n) is 7.23. The molecule has 0 fully saturated rings. The van der Waals surface area contributed by atoms with Crippen molar-refractivity contribution in [2.75, 3.05) is 0 Å². The van der Waals surface area contributed by atoms with E-state index >= 15 is 0 Å². The van der Waals surface area contributed by atoms with Crippen molar-refractivity contribution in [3.63, 3.8) is 0 Å². The monoisotopic (exact) mass is 738 g/mol. The predicted octanol–water partition coefficient (Wildman–Crippen LogP) is 7.75. The standard InChI is InChI=1S/2C18H22O5S.Ca/c2*1-2-3-4-5-6-14-11-15(19)13-17(12-14)23-16-7-9-18(10-8-16)24(20,21)22;/h2*7-13,19H,2-6H2,1H3,(H,20,21,22);/q;;+2/p-2. The van der Waals surface area contributed by atoms with Gasteiger partial charge in [-0.05, 0) is 110 Å². The average Bonchev–Trinajstić information content (AvgIpc) is 3.01. The molecule has 0 aliphatic heterocycles. The molecule has 0 heterocycles. The summed E-state index contributed by atoms with van der Waals surface area (Å²) in [5.41, 5.74) is 1.92. The minimum atomic E-state index is -4.48. The molecule has 0 spiro atoms. The fourth-order valence-electron chi connectivity index (χ4n) is 4.82. The van der Waals surface area contributed by atoms with Crippen molar-refractivity contribution in [1.29, 1.82) is 0 Å². The average molecular weight is 739 g/mol. The first-order chi connectivity index (χ1) is 22.8. The minimum Gasteiger partial charge on any atom is -0.872 e. The fraction of sp³-hybridized carbons (Fsp3) is 0.333. The molecule has 49 heavy (non-hydrogen) atoms. The summed E-state index contributed by atoms with van der Waals surface area (Å²) >= 11 is 0. The number of aromatic hydroxyl groups is 1. The van der Waals surface area contributed by atoms with E-state index in [1.807, 2.05) is 12.1 Å². The molecule has 0 atom stereocenters. The number of hydrogen-bond donors (Lipinski definition) is 2. The van der Waals surface area contributed by atoms with Crippen LogP contribution in [-0.4, -0.2) is 68.8 Å². The van der Waals surface area contributed by atoms with Crippen molar-refractivity contribution < 1.29 is 45.6 Å². The molecular weight excluding hydrogens is 697 g/mol. The summed E-state index contributed by atoms with van der Waals surface area (Å²) in [4.78, 5) is -0.508. The number of phenols is 1. The molecule has 2 N–H and O–H groups in total. The molecule has 4 aromatic rings. The van der Waals surface area contributed by atoms with Crippen LogP contribution in [0.4, 0.5) is 0 Å². The molecule has 0 aliphatic rings. The Morgan fingerprint density at radius 3 is 1.49 bits per heavy atom. The first-order valence-electron chi connectivity index (χ1n) is 15.9. The van der Waals surface area contributed by atoms with Crippen LogP contribution in [0, 0.1) is 0 Å². The molecular formula is C36H42CaO10S2. The maximum atomic E-state index is 11.8. The van der Waals surface area contributed by atoms with Crippen molar-refractivity contribution in [2.45, 2.75) is 87.8 Å². The van der Waals surface area contributed by atoms with Gasteiger partial charge in [-0.15, -0.1) is 5.75 Å². The predicted molar refractivity (Wildman–Crippen MR) is 186 cm³/mol. The molecule has 0 aliphatic carbocycles. The van der Waals surface area contributed by atoms with Gasteiger partial charge in [0.2, 0.25) is 0 Å². The third kappa shape index (κ3) is 15.7. The van der Waals surface area contributed by atoms with Crippen LogP contribution in [-0.2, 0) is 33.1 Å². The van der Waals surface area contributed by atoms with Gasteiger partial charge in [0.05, 0.1) is 9.79 Å². The van der Waals surface area contributed by atoms with Crippen LogP contribution in [0.25, 0.3) is 0 Å². The van der Waals surface area contributed by atoms with Gasteiger partial charge >= 0.3 is 37.7 Å². The van der Waals surface area contributed by atoms with Gasteiger partial charge in [0.25, 0.3) is 10.1 Å². The van der Waals surface area contributed by atoms with Gasteiger partial charge in [-0.3, -0.25) is 4.55 Å². The Balaban J connectivity index is 0.000000333. The summed E-state index contributed by atoms with van der Waals surface area (Å²) in [7, 11) is -8.69. The largest absolute Gasteiger partial charge is 2.00 e. The Bertz CT molecular complexity index is 1680. The van der Waals surface area contributed by atoms with Crippen LogP contribution in [0.3, 0.4) is 0 Å². The molecule has 0 amide bonds. The number of ether oxygens (including phenoxy) is 2. The Labute approximate surface area is 319 Å². The van der Waals surface area contributed by atoms with E-state index in [-0.39, 0.29) is 59.0 Å². The topological polar surface area (TPSA) is 173 Å². The zero-order valence-corrected chi connectivity index (χ0v) is 31.7. The summed E-state index contributed by atoms with van der Waals surface area (Å²) in [6.45, 7) is 4.31. The maximum absolute atomic E-state index is 11.8. The van der Waals surface area contributed by atoms with Gasteiger partial charge < -0.3 is 24.2 Å². The number of rotatable bonds is 16. The summed E-state index contributed by atoms with van der Waals surface area (Å²) in [5.74, 6) is 1.69.